The van der Waals surface area contributed by atoms with Crippen molar-refractivity contribution >= 4 is 22.1 Å². The molecule has 0 spiro atoms. The van der Waals surface area contributed by atoms with Crippen LogP contribution in [0.2, 0.25) is 0 Å². The van der Waals surface area contributed by atoms with Crippen LogP contribution in [0.25, 0.3) is 0 Å². The number of benzene rings is 1. The van der Waals surface area contributed by atoms with E-state index in [1.165, 1.54) is 24.3 Å². The van der Waals surface area contributed by atoms with Crippen molar-refractivity contribution in [1.29, 1.82) is 0 Å². The molecule has 0 radical (unpaired) electrons. The summed E-state index contributed by atoms with van der Waals surface area (Å²) in [4.78, 5) is 24.9. The first-order valence-corrected chi connectivity index (χ1v) is 11.1. The van der Waals surface area contributed by atoms with E-state index in [0.717, 1.165) is 0 Å². The van der Waals surface area contributed by atoms with Crippen molar-refractivity contribution < 1.29 is 58.7 Å². The molecule has 1 N–H and O–H groups in total. The Morgan fingerprint density at radius 3 is 2.09 bits per heavy atom. The van der Waals surface area contributed by atoms with Gasteiger partial charge in [-0.15, -0.1) is 0 Å². The molecule has 1 fully saturated rings. The minimum atomic E-state index is -6.22. The standard InChI is InChI=1S/C19H21F5O8S/c20-17(21,33(27,28)29)12-31-18(19(22,23)24,32-15(25)14-9-5-2-6-10-14)16(26)30-11-13-7-3-1-4-8-13/h1,3-4,7-8,14H,2,5-6,9-12H2,(H,27,28,29). The maximum atomic E-state index is 14.0. The number of halogens is 5. The highest BCUT2D eigenvalue weighted by atomic mass is 32.2. The van der Waals surface area contributed by atoms with Gasteiger partial charge in [-0.3, -0.25) is 9.35 Å². The third kappa shape index (κ3) is 6.60. The monoisotopic (exact) mass is 504 g/mol. The van der Waals surface area contributed by atoms with Crippen LogP contribution >= 0.6 is 0 Å². The molecule has 33 heavy (non-hydrogen) atoms. The second-order valence-electron chi connectivity index (χ2n) is 7.33. The normalized spacial score (nSPS) is 17.8. The van der Waals surface area contributed by atoms with Crippen molar-refractivity contribution in [3.63, 3.8) is 0 Å². The highest BCUT2D eigenvalue weighted by Crippen LogP contribution is 2.40. The van der Waals surface area contributed by atoms with E-state index in [1.807, 2.05) is 0 Å². The number of hydrogen-bond acceptors (Lipinski definition) is 7. The number of alkyl halides is 5. The number of hydrogen-bond donors (Lipinski definition) is 1. The van der Waals surface area contributed by atoms with Gasteiger partial charge in [-0.05, 0) is 18.4 Å². The zero-order valence-corrected chi connectivity index (χ0v) is 17.8. The molecular weight excluding hydrogens is 483 g/mol. The van der Waals surface area contributed by atoms with Crippen molar-refractivity contribution in [2.24, 2.45) is 5.92 Å². The molecule has 1 saturated carbocycles. The average Bonchev–Trinajstić information content (AvgIpc) is 2.74. The fourth-order valence-corrected chi connectivity index (χ4v) is 3.23. The largest absolute Gasteiger partial charge is 0.468 e. The Bertz CT molecular complexity index is 929. The molecule has 0 amide bonds. The molecule has 0 saturated heterocycles. The highest BCUT2D eigenvalue weighted by molar-refractivity contribution is 7.86. The van der Waals surface area contributed by atoms with Crippen LogP contribution in [0.5, 0.6) is 0 Å². The predicted molar refractivity (Wildman–Crippen MR) is 100 cm³/mol. The molecule has 0 bridgehead atoms. The first-order chi connectivity index (χ1) is 15.2. The quantitative estimate of drug-likeness (QED) is 0.235. The molecule has 0 aliphatic heterocycles. The first kappa shape index (κ1) is 26.9. The van der Waals surface area contributed by atoms with Gasteiger partial charge in [0.1, 0.15) is 13.2 Å². The van der Waals surface area contributed by atoms with Crippen LogP contribution in [0, 0.1) is 5.92 Å². The lowest BCUT2D eigenvalue weighted by molar-refractivity contribution is -0.362. The molecule has 14 heteroatoms. The molecule has 186 valence electrons. The van der Waals surface area contributed by atoms with Crippen LogP contribution in [-0.2, 0) is 40.5 Å². The molecule has 1 aromatic rings. The smallest absolute Gasteiger partial charge is 0.456 e. The van der Waals surface area contributed by atoms with Gasteiger partial charge < -0.3 is 14.2 Å². The van der Waals surface area contributed by atoms with Crippen LogP contribution < -0.4 is 0 Å². The second-order valence-corrected chi connectivity index (χ2v) is 8.88. The van der Waals surface area contributed by atoms with Gasteiger partial charge in [0, 0.05) is 0 Å². The molecule has 0 aromatic heterocycles. The van der Waals surface area contributed by atoms with Crippen molar-refractivity contribution in [2.45, 2.75) is 55.9 Å². The van der Waals surface area contributed by atoms with Gasteiger partial charge >= 0.3 is 39.3 Å². The van der Waals surface area contributed by atoms with Crippen molar-refractivity contribution in [1.82, 2.24) is 0 Å². The number of esters is 2. The van der Waals surface area contributed by atoms with E-state index in [9.17, 15) is 40.0 Å². The van der Waals surface area contributed by atoms with E-state index in [1.54, 1.807) is 6.07 Å². The number of carbonyl (C=O) groups is 2. The fourth-order valence-electron chi connectivity index (χ4n) is 3.03. The van der Waals surface area contributed by atoms with Gasteiger partial charge in [-0.1, -0.05) is 49.6 Å². The average molecular weight is 504 g/mol. The third-order valence-corrected chi connectivity index (χ3v) is 5.73. The van der Waals surface area contributed by atoms with Gasteiger partial charge in [0.2, 0.25) is 0 Å². The van der Waals surface area contributed by atoms with E-state index in [2.05, 4.69) is 14.2 Å². The molecular formula is C19H21F5O8S. The summed E-state index contributed by atoms with van der Waals surface area (Å²) in [5.41, 5.74) is 0.212. The summed E-state index contributed by atoms with van der Waals surface area (Å²) >= 11 is 0. The fraction of sp³-hybridized carbons (Fsp3) is 0.579. The zero-order chi connectivity index (χ0) is 24.9. The van der Waals surface area contributed by atoms with E-state index in [0.29, 0.717) is 19.3 Å². The van der Waals surface area contributed by atoms with Crippen molar-refractivity contribution in [2.75, 3.05) is 6.61 Å². The summed E-state index contributed by atoms with van der Waals surface area (Å²) in [6.45, 7) is -3.42. The molecule has 1 atom stereocenters. The van der Waals surface area contributed by atoms with Gasteiger partial charge in [0.25, 0.3) is 0 Å². The van der Waals surface area contributed by atoms with Crippen molar-refractivity contribution in [3.8, 4) is 0 Å². The van der Waals surface area contributed by atoms with E-state index in [4.69, 9.17) is 4.55 Å². The summed E-state index contributed by atoms with van der Waals surface area (Å²) in [7, 11) is -6.22. The van der Waals surface area contributed by atoms with Crippen molar-refractivity contribution in [3.05, 3.63) is 35.9 Å². The highest BCUT2D eigenvalue weighted by Gasteiger charge is 2.69. The van der Waals surface area contributed by atoms with Gasteiger partial charge in [-0.25, -0.2) is 4.79 Å². The predicted octanol–water partition coefficient (Wildman–Crippen LogP) is 3.61. The molecule has 1 aliphatic carbocycles. The first-order valence-electron chi connectivity index (χ1n) is 9.69. The molecule has 8 nitrogen and oxygen atoms in total. The second kappa shape index (κ2) is 10.3. The third-order valence-electron chi connectivity index (χ3n) is 4.86. The summed E-state index contributed by atoms with van der Waals surface area (Å²) < 4.78 is 112. The van der Waals surface area contributed by atoms with E-state index < -0.39 is 58.4 Å². The number of ether oxygens (including phenoxy) is 3. The van der Waals surface area contributed by atoms with Crippen LogP contribution in [-0.4, -0.2) is 48.7 Å². The van der Waals surface area contributed by atoms with Crippen LogP contribution in [0.4, 0.5) is 22.0 Å². The van der Waals surface area contributed by atoms with Crippen LogP contribution in [0.3, 0.4) is 0 Å². The van der Waals surface area contributed by atoms with Gasteiger partial charge in [0.15, 0.2) is 0 Å². The molecule has 1 aliphatic rings. The maximum Gasteiger partial charge on any atom is 0.468 e. The lowest BCUT2D eigenvalue weighted by Gasteiger charge is -2.34. The van der Waals surface area contributed by atoms with E-state index in [-0.39, 0.29) is 18.4 Å². The molecule has 1 unspecified atom stereocenters. The number of carbonyl (C=O) groups excluding carboxylic acids is 2. The van der Waals surface area contributed by atoms with Gasteiger partial charge in [-0.2, -0.15) is 30.4 Å². The summed E-state index contributed by atoms with van der Waals surface area (Å²) in [6, 6.07) is 7.28. The minimum Gasteiger partial charge on any atom is -0.456 e. The molecule has 2 rings (SSSR count). The number of rotatable bonds is 9. The minimum absolute atomic E-state index is 0.132. The Labute approximate surface area is 185 Å². The Balaban J connectivity index is 2.37. The lowest BCUT2D eigenvalue weighted by atomic mass is 9.89. The Morgan fingerprint density at radius 2 is 1.58 bits per heavy atom. The molecule has 1 aromatic carbocycles. The summed E-state index contributed by atoms with van der Waals surface area (Å²) in [5.74, 6) is -9.69. The maximum absolute atomic E-state index is 14.0. The van der Waals surface area contributed by atoms with Crippen LogP contribution in [0.1, 0.15) is 37.7 Å². The Morgan fingerprint density at radius 1 is 1.00 bits per heavy atom. The Hall–Kier alpha value is -2.32. The summed E-state index contributed by atoms with van der Waals surface area (Å²) in [5, 5.41) is -5.25. The molecule has 0 heterocycles. The SMILES string of the molecule is O=C(OC(OCC(F)(F)S(=O)(=O)O)(C(=O)OCc1ccccc1)C(F)(F)F)C1CCCCC1. The Kier molecular flexibility index (Phi) is 8.41. The van der Waals surface area contributed by atoms with Gasteiger partial charge in [0.05, 0.1) is 5.92 Å². The topological polar surface area (TPSA) is 116 Å². The zero-order valence-electron chi connectivity index (χ0n) is 17.0. The summed E-state index contributed by atoms with van der Waals surface area (Å²) in [6.07, 6.45) is -4.00. The lowest BCUT2D eigenvalue weighted by Crippen LogP contribution is -2.60. The van der Waals surface area contributed by atoms with E-state index >= 15 is 0 Å². The van der Waals surface area contributed by atoms with Crippen LogP contribution in [0.15, 0.2) is 30.3 Å².